The van der Waals surface area contributed by atoms with Gasteiger partial charge in [-0.2, -0.15) is 5.10 Å². The van der Waals surface area contributed by atoms with Gasteiger partial charge in [0.05, 0.1) is 11.6 Å². The predicted octanol–water partition coefficient (Wildman–Crippen LogP) is 8.41. The average molecular weight is 734 g/mol. The van der Waals surface area contributed by atoms with Crippen LogP contribution < -0.4 is 5.32 Å². The zero-order valence-electron chi connectivity index (χ0n) is 32.0. The number of aromatic nitrogens is 3. The predicted molar refractivity (Wildman–Crippen MR) is 214 cm³/mol. The summed E-state index contributed by atoms with van der Waals surface area (Å²) in [6, 6.07) is 41.5. The second kappa shape index (κ2) is 14.1. The highest BCUT2D eigenvalue weighted by atomic mass is 16.6. The number of fused-ring (bicyclic) bond motifs is 1. The minimum absolute atomic E-state index is 0.270. The normalized spacial score (nSPS) is 18.7. The minimum Gasteiger partial charge on any atom is -0.444 e. The summed E-state index contributed by atoms with van der Waals surface area (Å²) >= 11 is 0. The molecular weight excluding hydrogens is 687 g/mol. The Labute approximate surface area is 322 Å². The van der Waals surface area contributed by atoms with Gasteiger partial charge in [0, 0.05) is 49.5 Å². The first-order valence-electron chi connectivity index (χ1n) is 19.0. The molecule has 9 heteroatoms. The third kappa shape index (κ3) is 6.07. The molecule has 1 aliphatic carbocycles. The van der Waals surface area contributed by atoms with Crippen LogP contribution in [-0.4, -0.2) is 64.1 Å². The third-order valence-electron chi connectivity index (χ3n) is 11.0. The molecular formula is C46H47N5O4. The molecule has 9 nitrogen and oxygen atoms in total. The van der Waals surface area contributed by atoms with Crippen LogP contribution in [0.4, 0.5) is 4.79 Å². The number of amides is 2. The Kier molecular flexibility index (Phi) is 9.29. The van der Waals surface area contributed by atoms with Crippen molar-refractivity contribution in [1.29, 1.82) is 0 Å². The van der Waals surface area contributed by atoms with Crippen LogP contribution in [0, 0.1) is 0 Å². The number of carbonyl (C=O) groups excluding carboxylic acids is 2. The smallest absolute Gasteiger partial charge is 0.411 e. The van der Waals surface area contributed by atoms with Crippen LogP contribution in [0.5, 0.6) is 0 Å². The van der Waals surface area contributed by atoms with E-state index >= 15 is 0 Å². The van der Waals surface area contributed by atoms with Crippen molar-refractivity contribution in [3.05, 3.63) is 155 Å². The lowest BCUT2D eigenvalue weighted by atomic mass is 9.76. The largest absolute Gasteiger partial charge is 0.444 e. The number of benzene rings is 4. The molecule has 55 heavy (non-hydrogen) atoms. The number of likely N-dealkylation sites (N-methyl/N-ethyl adjacent to an activating group) is 1. The van der Waals surface area contributed by atoms with Crippen LogP contribution in [0.1, 0.15) is 73.9 Å². The van der Waals surface area contributed by atoms with E-state index in [0.29, 0.717) is 17.9 Å². The molecule has 0 spiro atoms. The van der Waals surface area contributed by atoms with E-state index in [4.69, 9.17) is 19.6 Å². The van der Waals surface area contributed by atoms with Crippen molar-refractivity contribution in [1.82, 2.24) is 25.0 Å². The zero-order valence-corrected chi connectivity index (χ0v) is 32.0. The van der Waals surface area contributed by atoms with Gasteiger partial charge < -0.3 is 14.8 Å². The maximum Gasteiger partial charge on any atom is 0.411 e. The van der Waals surface area contributed by atoms with Crippen LogP contribution in [0.15, 0.2) is 128 Å². The Morgan fingerprint density at radius 3 is 1.93 bits per heavy atom. The topological polar surface area (TPSA) is 98.6 Å². The van der Waals surface area contributed by atoms with Crippen LogP contribution in [0.2, 0.25) is 0 Å². The van der Waals surface area contributed by atoms with Crippen LogP contribution >= 0.6 is 0 Å². The van der Waals surface area contributed by atoms with E-state index in [9.17, 15) is 9.59 Å². The van der Waals surface area contributed by atoms with E-state index < -0.39 is 28.9 Å². The maximum absolute atomic E-state index is 14.5. The highest BCUT2D eigenvalue weighted by molar-refractivity contribution is 5.98. The number of carbonyl (C=O) groups is 2. The summed E-state index contributed by atoms with van der Waals surface area (Å²) in [5.41, 5.74) is 3.94. The molecule has 6 aromatic rings. The van der Waals surface area contributed by atoms with Crippen molar-refractivity contribution >= 4 is 22.9 Å². The van der Waals surface area contributed by atoms with Crippen molar-refractivity contribution in [3.8, 4) is 11.3 Å². The standard InChI is InChI=1S/C46H47N5O4/c1-44(2,3)55-43(53)50-28-26-40(54-5)46(50,42(52)47-4)36-23-24-37-39(30-36)51(49-41(37)32-25-27-48-38(29-32)31-21-22-31)45(33-15-9-6-10-16-33,34-17-11-7-12-18-34)35-19-13-8-14-20-35/h6-20,23-25,27,29-31,40H,21-22,26,28H2,1-5H3,(H,47,52). The number of likely N-dealkylation sites (tertiary alicyclic amines) is 1. The molecule has 2 aliphatic rings. The summed E-state index contributed by atoms with van der Waals surface area (Å²) in [6.07, 6.45) is 3.34. The van der Waals surface area contributed by atoms with Crippen LogP contribution in [0.3, 0.4) is 0 Å². The molecule has 2 unspecified atom stereocenters. The number of nitrogens with zero attached hydrogens (tertiary/aromatic N) is 4. The van der Waals surface area contributed by atoms with Gasteiger partial charge in [0.15, 0.2) is 5.54 Å². The molecule has 0 radical (unpaired) electrons. The van der Waals surface area contributed by atoms with E-state index in [1.54, 1.807) is 14.2 Å². The van der Waals surface area contributed by atoms with Crippen molar-refractivity contribution in [2.45, 2.75) is 68.7 Å². The van der Waals surface area contributed by atoms with E-state index in [1.807, 2.05) is 69.4 Å². The minimum atomic E-state index is -1.54. The van der Waals surface area contributed by atoms with Crippen LogP contribution in [0.25, 0.3) is 22.2 Å². The second-order valence-corrected chi connectivity index (χ2v) is 15.5. The number of hydrogen-bond donors (Lipinski definition) is 1. The van der Waals surface area contributed by atoms with Crippen molar-refractivity contribution in [3.63, 3.8) is 0 Å². The van der Waals surface area contributed by atoms with Gasteiger partial charge in [-0.15, -0.1) is 0 Å². The first kappa shape index (κ1) is 36.2. The lowest BCUT2D eigenvalue weighted by Gasteiger charge is -2.41. The number of hydrogen-bond acceptors (Lipinski definition) is 6. The highest BCUT2D eigenvalue weighted by Crippen LogP contribution is 2.48. The Balaban J connectivity index is 1.49. The fourth-order valence-corrected chi connectivity index (χ4v) is 8.50. The Bertz CT molecular complexity index is 2240. The van der Waals surface area contributed by atoms with E-state index in [2.05, 4.69) is 88.9 Å². The van der Waals surface area contributed by atoms with E-state index in [-0.39, 0.29) is 12.5 Å². The molecule has 4 aromatic carbocycles. The lowest BCUT2D eigenvalue weighted by Crippen LogP contribution is -2.60. The van der Waals surface area contributed by atoms with Crippen LogP contribution in [-0.2, 0) is 25.3 Å². The lowest BCUT2D eigenvalue weighted by molar-refractivity contribution is -0.138. The van der Waals surface area contributed by atoms with Gasteiger partial charge in [0.1, 0.15) is 16.8 Å². The summed E-state index contributed by atoms with van der Waals surface area (Å²) in [4.78, 5) is 34.9. The SMILES string of the molecule is CNC(=O)C1(c2ccc3c(-c4ccnc(C5CC5)c4)nn(C(c4ccccc4)(c4ccccc4)c4ccccc4)c3c2)C(OC)CCN1C(=O)OC(C)(C)C. The molecule has 1 N–H and O–H groups in total. The number of ether oxygens (including phenoxy) is 2. The number of nitrogens with one attached hydrogen (secondary N) is 1. The molecule has 2 fully saturated rings. The van der Waals surface area contributed by atoms with E-state index in [0.717, 1.165) is 57.4 Å². The van der Waals surface area contributed by atoms with Crippen molar-refractivity contribution in [2.24, 2.45) is 0 Å². The first-order valence-corrected chi connectivity index (χ1v) is 19.0. The number of methoxy groups -OCH3 is 1. The second-order valence-electron chi connectivity index (χ2n) is 15.5. The molecule has 280 valence electrons. The maximum atomic E-state index is 14.5. The molecule has 1 saturated heterocycles. The first-order chi connectivity index (χ1) is 26.6. The molecule has 3 heterocycles. The highest BCUT2D eigenvalue weighted by Gasteiger charge is 2.59. The third-order valence-corrected chi connectivity index (χ3v) is 11.0. The molecule has 8 rings (SSSR count). The van der Waals surface area contributed by atoms with Crippen molar-refractivity contribution in [2.75, 3.05) is 20.7 Å². The van der Waals surface area contributed by atoms with E-state index in [1.165, 1.54) is 4.90 Å². The number of rotatable bonds is 9. The molecule has 2 aromatic heterocycles. The quantitative estimate of drug-likeness (QED) is 0.150. The molecule has 0 bridgehead atoms. The fraction of sp³-hybridized carbons (Fsp3) is 0.304. The molecule has 1 saturated carbocycles. The monoisotopic (exact) mass is 733 g/mol. The Morgan fingerprint density at radius 2 is 1.40 bits per heavy atom. The molecule has 2 amide bonds. The van der Waals surface area contributed by atoms with Gasteiger partial charge in [-0.05, 0) is 80.5 Å². The average Bonchev–Trinajstić information content (AvgIpc) is 3.89. The number of pyridine rings is 1. The molecule has 1 aliphatic heterocycles. The van der Waals surface area contributed by atoms with Gasteiger partial charge >= 0.3 is 6.09 Å². The summed E-state index contributed by atoms with van der Waals surface area (Å²) in [5, 5.41) is 9.41. The van der Waals surface area contributed by atoms with Gasteiger partial charge in [-0.25, -0.2) is 9.48 Å². The van der Waals surface area contributed by atoms with Gasteiger partial charge in [0.25, 0.3) is 5.91 Å². The summed E-state index contributed by atoms with van der Waals surface area (Å²) in [5.74, 6) is 0.0912. The summed E-state index contributed by atoms with van der Waals surface area (Å²) in [6.45, 7) is 5.75. The molecule has 2 atom stereocenters. The van der Waals surface area contributed by atoms with Gasteiger partial charge in [0.2, 0.25) is 0 Å². The summed E-state index contributed by atoms with van der Waals surface area (Å²) < 4.78 is 14.2. The van der Waals surface area contributed by atoms with Gasteiger partial charge in [-0.1, -0.05) is 103 Å². The summed E-state index contributed by atoms with van der Waals surface area (Å²) in [7, 11) is 3.18. The Morgan fingerprint density at radius 1 is 0.800 bits per heavy atom. The van der Waals surface area contributed by atoms with Crippen molar-refractivity contribution < 1.29 is 19.1 Å². The van der Waals surface area contributed by atoms with Gasteiger partial charge in [-0.3, -0.25) is 14.7 Å². The fourth-order valence-electron chi connectivity index (χ4n) is 8.50. The Hall–Kier alpha value is -5.80. The zero-order chi connectivity index (χ0) is 38.4.